The Morgan fingerprint density at radius 3 is 3.11 bits per heavy atom. The van der Waals surface area contributed by atoms with E-state index in [1.807, 2.05) is 0 Å². The lowest BCUT2D eigenvalue weighted by Gasteiger charge is -2.14. The van der Waals surface area contributed by atoms with Crippen LogP contribution in [-0.4, -0.2) is 10.7 Å². The smallest absolute Gasteiger partial charge is 0.149 e. The van der Waals surface area contributed by atoms with Crippen LogP contribution in [0.4, 0.5) is 11.5 Å². The zero-order valence-corrected chi connectivity index (χ0v) is 10.9. The number of hydrogen-bond donors (Lipinski definition) is 1. The average molecular weight is 241 g/mol. The Labute approximate surface area is 108 Å². The van der Waals surface area contributed by atoms with Gasteiger partial charge in [-0.2, -0.15) is 0 Å². The van der Waals surface area contributed by atoms with Gasteiger partial charge in [0.05, 0.1) is 5.69 Å². The molecule has 0 saturated carbocycles. The summed E-state index contributed by atoms with van der Waals surface area (Å²) in [6, 6.07) is 0. The Kier molecular flexibility index (Phi) is 2.90. The fraction of sp³-hybridized carbons (Fsp3) is 0.467. The standard InChI is InChI=1S/C15H19N3/c1-2-3-6-10-9-12-11-7-4-5-8-13(11)18-15(16)14(12)17-10/h4,7H,2-3,5-6,8-9H2,1H3,(H2,16,18). The number of nitrogen functional groups attached to an aromatic ring is 1. The molecular weight excluding hydrogens is 222 g/mol. The molecule has 3 heteroatoms. The van der Waals surface area contributed by atoms with Crippen LogP contribution in [0.25, 0.3) is 6.08 Å². The van der Waals surface area contributed by atoms with Crippen LogP contribution < -0.4 is 5.73 Å². The van der Waals surface area contributed by atoms with Crippen LogP contribution in [0.15, 0.2) is 11.1 Å². The Morgan fingerprint density at radius 2 is 2.28 bits per heavy atom. The van der Waals surface area contributed by atoms with E-state index in [4.69, 9.17) is 10.7 Å². The molecule has 1 aromatic rings. The van der Waals surface area contributed by atoms with Crippen molar-refractivity contribution in [3.05, 3.63) is 22.9 Å². The van der Waals surface area contributed by atoms with Crippen LogP contribution in [0.1, 0.15) is 49.4 Å². The van der Waals surface area contributed by atoms with E-state index in [0.717, 1.165) is 37.1 Å². The number of nitrogens with two attached hydrogens (primary N) is 1. The minimum atomic E-state index is 0.616. The van der Waals surface area contributed by atoms with Gasteiger partial charge < -0.3 is 5.73 Å². The van der Waals surface area contributed by atoms with Crippen molar-refractivity contribution in [2.75, 3.05) is 5.73 Å². The van der Waals surface area contributed by atoms with Gasteiger partial charge in [0, 0.05) is 17.7 Å². The van der Waals surface area contributed by atoms with Crippen molar-refractivity contribution < 1.29 is 0 Å². The van der Waals surface area contributed by atoms with E-state index in [0.29, 0.717) is 5.82 Å². The summed E-state index contributed by atoms with van der Waals surface area (Å²) in [5.74, 6) is 0.616. The molecule has 0 fully saturated rings. The number of hydrogen-bond acceptors (Lipinski definition) is 3. The monoisotopic (exact) mass is 241 g/mol. The highest BCUT2D eigenvalue weighted by Gasteiger charge is 2.23. The molecule has 0 radical (unpaired) electrons. The third-order valence-electron chi connectivity index (χ3n) is 3.72. The number of aliphatic imine (C=N–C) groups is 1. The van der Waals surface area contributed by atoms with Gasteiger partial charge in [-0.3, -0.25) is 4.99 Å². The van der Waals surface area contributed by atoms with E-state index < -0.39 is 0 Å². The predicted octanol–water partition coefficient (Wildman–Crippen LogP) is 3.44. The molecule has 0 unspecified atom stereocenters. The number of unbranched alkanes of at least 4 members (excludes halogenated alkanes) is 1. The van der Waals surface area contributed by atoms with E-state index in [2.05, 4.69) is 24.1 Å². The summed E-state index contributed by atoms with van der Waals surface area (Å²) in [6.07, 6.45) is 11.0. The molecule has 1 aliphatic carbocycles. The van der Waals surface area contributed by atoms with Crippen molar-refractivity contribution in [2.45, 2.75) is 45.4 Å². The summed E-state index contributed by atoms with van der Waals surface area (Å²) in [5, 5.41) is 0. The lowest BCUT2D eigenvalue weighted by molar-refractivity contribution is 0.830. The number of nitrogens with zero attached hydrogens (tertiary/aromatic N) is 2. The van der Waals surface area contributed by atoms with Crippen LogP contribution in [0.2, 0.25) is 0 Å². The van der Waals surface area contributed by atoms with Gasteiger partial charge in [0.25, 0.3) is 0 Å². The second kappa shape index (κ2) is 4.56. The molecule has 2 aliphatic rings. The molecule has 0 bridgehead atoms. The molecule has 0 saturated heterocycles. The Morgan fingerprint density at radius 1 is 1.39 bits per heavy atom. The topological polar surface area (TPSA) is 51.3 Å². The molecule has 94 valence electrons. The van der Waals surface area contributed by atoms with E-state index in [1.54, 1.807) is 0 Å². The zero-order chi connectivity index (χ0) is 12.5. The van der Waals surface area contributed by atoms with Gasteiger partial charge in [-0.1, -0.05) is 25.5 Å². The number of rotatable bonds is 3. The summed E-state index contributed by atoms with van der Waals surface area (Å²) in [4.78, 5) is 9.21. The fourth-order valence-corrected chi connectivity index (χ4v) is 2.75. The van der Waals surface area contributed by atoms with Gasteiger partial charge in [0.2, 0.25) is 0 Å². The van der Waals surface area contributed by atoms with Crippen LogP contribution >= 0.6 is 0 Å². The normalized spacial score (nSPS) is 16.4. The van der Waals surface area contributed by atoms with Gasteiger partial charge in [0.15, 0.2) is 0 Å². The molecule has 0 atom stereocenters. The first-order valence-corrected chi connectivity index (χ1v) is 6.83. The van der Waals surface area contributed by atoms with Crippen LogP contribution in [0.5, 0.6) is 0 Å². The van der Waals surface area contributed by atoms with E-state index in [1.165, 1.54) is 29.7 Å². The number of fused-ring (bicyclic) bond motifs is 3. The van der Waals surface area contributed by atoms with Crippen LogP contribution in [0, 0.1) is 0 Å². The maximum atomic E-state index is 6.04. The summed E-state index contributed by atoms with van der Waals surface area (Å²) >= 11 is 0. The number of allylic oxidation sites excluding steroid dienone is 1. The van der Waals surface area contributed by atoms with E-state index >= 15 is 0 Å². The van der Waals surface area contributed by atoms with Gasteiger partial charge in [-0.25, -0.2) is 4.98 Å². The van der Waals surface area contributed by atoms with Crippen LogP contribution in [0.3, 0.4) is 0 Å². The molecule has 1 aliphatic heterocycles. The second-order valence-corrected chi connectivity index (χ2v) is 5.08. The van der Waals surface area contributed by atoms with Gasteiger partial charge in [0.1, 0.15) is 11.5 Å². The molecule has 2 heterocycles. The van der Waals surface area contributed by atoms with Gasteiger partial charge >= 0.3 is 0 Å². The SMILES string of the molecule is CCCCC1=Nc2c(N)nc3c(c2C1)C=CCC3. The molecule has 0 aromatic carbocycles. The summed E-state index contributed by atoms with van der Waals surface area (Å²) < 4.78 is 0. The molecule has 2 N–H and O–H groups in total. The fourth-order valence-electron chi connectivity index (χ4n) is 2.75. The zero-order valence-electron chi connectivity index (χ0n) is 10.9. The van der Waals surface area contributed by atoms with Crippen molar-refractivity contribution in [1.29, 1.82) is 0 Å². The molecule has 1 aromatic heterocycles. The number of anilines is 1. The maximum absolute atomic E-state index is 6.04. The lowest BCUT2D eigenvalue weighted by atomic mass is 9.94. The predicted molar refractivity (Wildman–Crippen MR) is 76.3 cm³/mol. The first-order chi connectivity index (χ1) is 8.79. The second-order valence-electron chi connectivity index (χ2n) is 5.08. The lowest BCUT2D eigenvalue weighted by Crippen LogP contribution is -2.06. The summed E-state index contributed by atoms with van der Waals surface area (Å²) in [6.45, 7) is 2.21. The number of pyridine rings is 1. The Bertz CT molecular complexity index is 541. The highest BCUT2D eigenvalue weighted by molar-refractivity contribution is 5.97. The molecule has 0 amide bonds. The van der Waals surface area contributed by atoms with Crippen molar-refractivity contribution >= 4 is 23.3 Å². The van der Waals surface area contributed by atoms with Crippen molar-refractivity contribution in [3.8, 4) is 0 Å². The molecule has 3 rings (SSSR count). The third kappa shape index (κ3) is 1.84. The summed E-state index contributed by atoms with van der Waals surface area (Å²) in [5.41, 5.74) is 12.0. The van der Waals surface area contributed by atoms with E-state index in [9.17, 15) is 0 Å². The maximum Gasteiger partial charge on any atom is 0.149 e. The van der Waals surface area contributed by atoms with Gasteiger partial charge in [-0.05, 0) is 31.2 Å². The van der Waals surface area contributed by atoms with Crippen molar-refractivity contribution in [3.63, 3.8) is 0 Å². The third-order valence-corrected chi connectivity index (χ3v) is 3.72. The highest BCUT2D eigenvalue weighted by Crippen LogP contribution is 2.38. The minimum Gasteiger partial charge on any atom is -0.382 e. The summed E-state index contributed by atoms with van der Waals surface area (Å²) in [7, 11) is 0. The first kappa shape index (κ1) is 11.5. The molecular formula is C15H19N3. The Balaban J connectivity index is 1.98. The molecule has 3 nitrogen and oxygen atoms in total. The average Bonchev–Trinajstić information content (AvgIpc) is 2.81. The molecule has 18 heavy (non-hydrogen) atoms. The number of aryl methyl sites for hydroxylation is 1. The minimum absolute atomic E-state index is 0.616. The van der Waals surface area contributed by atoms with Crippen molar-refractivity contribution in [1.82, 2.24) is 4.98 Å². The first-order valence-electron chi connectivity index (χ1n) is 6.83. The van der Waals surface area contributed by atoms with Gasteiger partial charge in [-0.15, -0.1) is 0 Å². The largest absolute Gasteiger partial charge is 0.382 e. The van der Waals surface area contributed by atoms with Crippen molar-refractivity contribution in [2.24, 2.45) is 4.99 Å². The highest BCUT2D eigenvalue weighted by atomic mass is 14.9. The Hall–Kier alpha value is -1.64. The van der Waals surface area contributed by atoms with E-state index in [-0.39, 0.29) is 0 Å². The number of aromatic nitrogens is 1. The molecule has 0 spiro atoms. The quantitative estimate of drug-likeness (QED) is 0.881. The van der Waals surface area contributed by atoms with Crippen LogP contribution in [-0.2, 0) is 12.8 Å².